The summed E-state index contributed by atoms with van der Waals surface area (Å²) in [5.74, 6) is -4.19. The molecule has 0 radical (unpaired) electrons. The lowest BCUT2D eigenvalue weighted by Gasteiger charge is -2.43. The number of carbonyl (C=O) groups excluding carboxylic acids is 2. The number of phenolic OH excluding ortho intramolecular Hbond substituents is 1. The quantitative estimate of drug-likeness (QED) is 0.0928. The molecule has 0 aromatic heterocycles. The largest absolute Gasteiger partial charge is 0.507 e. The van der Waals surface area contributed by atoms with Crippen LogP contribution in [0.2, 0.25) is 6.32 Å². The summed E-state index contributed by atoms with van der Waals surface area (Å²) in [7, 11) is -1.36. The van der Waals surface area contributed by atoms with Crippen LogP contribution in [0, 0.1) is 31.6 Å². The first-order chi connectivity index (χ1) is 25.5. The number of nitrogens with zero attached hydrogens (tertiary/aromatic N) is 1. The normalized spacial score (nSPS) is 22.1. The number of hydrogen-bond donors (Lipinski definition) is 2. The lowest BCUT2D eigenvalue weighted by molar-refractivity contribution is -0.143. The van der Waals surface area contributed by atoms with Crippen LogP contribution in [-0.4, -0.2) is 41.8 Å². The highest BCUT2D eigenvalue weighted by Crippen LogP contribution is 2.52. The van der Waals surface area contributed by atoms with Crippen molar-refractivity contribution >= 4 is 30.7 Å². The number of para-hydroxylation sites is 1. The molecule has 4 atom stereocenters. The summed E-state index contributed by atoms with van der Waals surface area (Å²) in [4.78, 5) is 28.7. The summed E-state index contributed by atoms with van der Waals surface area (Å²) in [6.45, 7) is 5.65. The van der Waals surface area contributed by atoms with Gasteiger partial charge in [-0.2, -0.15) is 26.3 Å². The van der Waals surface area contributed by atoms with Gasteiger partial charge in [0, 0.05) is 0 Å². The molecule has 14 heteroatoms. The molecule has 3 aliphatic rings. The number of imide groups is 1. The summed E-state index contributed by atoms with van der Waals surface area (Å²) in [6, 6.07) is 13.3. The number of benzene rings is 3. The summed E-state index contributed by atoms with van der Waals surface area (Å²) < 4.78 is 95.1. The van der Waals surface area contributed by atoms with Crippen molar-refractivity contribution in [3.05, 3.63) is 105 Å². The Morgan fingerprint density at radius 1 is 0.926 bits per heavy atom. The average molecular weight is 756 g/mol. The summed E-state index contributed by atoms with van der Waals surface area (Å²) in [5, 5.41) is 21.3. The number of amides is 2. The van der Waals surface area contributed by atoms with E-state index in [0.29, 0.717) is 46.8 Å². The Morgan fingerprint density at radius 3 is 2.15 bits per heavy atom. The van der Waals surface area contributed by atoms with E-state index < -0.39 is 72.0 Å². The van der Waals surface area contributed by atoms with E-state index in [-0.39, 0.29) is 31.2 Å². The second-order valence-electron chi connectivity index (χ2n) is 14.3. The number of hydrogen-bond acceptors (Lipinski definition) is 6. The van der Waals surface area contributed by atoms with Gasteiger partial charge in [0.2, 0.25) is 11.8 Å². The van der Waals surface area contributed by atoms with E-state index in [9.17, 15) is 46.1 Å². The number of carbonyl (C=O) groups is 2. The first kappa shape index (κ1) is 39.1. The van der Waals surface area contributed by atoms with Crippen LogP contribution in [0.4, 0.5) is 32.0 Å². The fourth-order valence-corrected chi connectivity index (χ4v) is 8.12. The summed E-state index contributed by atoms with van der Waals surface area (Å²) >= 11 is 0. The van der Waals surface area contributed by atoms with E-state index in [4.69, 9.17) is 9.39 Å². The maximum absolute atomic E-state index is 14.2. The topological polar surface area (TPSA) is 96.3 Å². The molecule has 0 saturated carbocycles. The molecule has 54 heavy (non-hydrogen) atoms. The molecule has 2 N–H and O–H groups in total. The lowest BCUT2D eigenvalue weighted by Crippen LogP contribution is -2.46. The van der Waals surface area contributed by atoms with Gasteiger partial charge in [0.25, 0.3) is 0 Å². The predicted molar refractivity (Wildman–Crippen MR) is 190 cm³/mol. The second-order valence-corrected chi connectivity index (χ2v) is 14.3. The molecule has 3 aromatic rings. The number of rotatable bonds is 10. The number of halogens is 6. The first-order valence-corrected chi connectivity index (χ1v) is 17.9. The van der Waals surface area contributed by atoms with Gasteiger partial charge >= 0.3 is 19.5 Å². The highest BCUT2D eigenvalue weighted by atomic mass is 19.4. The molecular formula is C40H40BF6NO6. The number of ether oxygens (including phenoxy) is 1. The third-order valence-electron chi connectivity index (χ3n) is 10.5. The zero-order valence-corrected chi connectivity index (χ0v) is 29.9. The van der Waals surface area contributed by atoms with Crippen LogP contribution in [0.25, 0.3) is 6.08 Å². The van der Waals surface area contributed by atoms with Gasteiger partial charge in [-0.3, -0.25) is 9.59 Å². The fourth-order valence-electron chi connectivity index (χ4n) is 8.12. The molecule has 2 amide bonds. The molecule has 2 aliphatic heterocycles. The van der Waals surface area contributed by atoms with E-state index in [2.05, 4.69) is 0 Å². The molecule has 2 saturated heterocycles. The predicted octanol–water partition coefficient (Wildman–Crippen LogP) is 9.09. The van der Waals surface area contributed by atoms with Crippen molar-refractivity contribution in [2.75, 3.05) is 11.5 Å². The van der Waals surface area contributed by atoms with Gasteiger partial charge in [-0.25, -0.2) is 4.90 Å². The molecular weight excluding hydrogens is 715 g/mol. The van der Waals surface area contributed by atoms with Crippen LogP contribution in [0.15, 0.2) is 77.4 Å². The molecule has 3 aromatic carbocycles. The highest BCUT2D eigenvalue weighted by Gasteiger charge is 2.58. The van der Waals surface area contributed by atoms with Gasteiger partial charge in [-0.05, 0) is 122 Å². The standard InChI is InChI=1S/C40H40BF6NO6/c1-4-8-24(15-25-13-22(2)36(49)23(3)14-25)11-12-33-34-26(21-53-30-9-6-5-7-10-30)16-31-35(32(34)20-41(52)54-33)38(51)48(37(31)50)29-18-27(39(42,43)44)17-28(19-29)40(45,46)47/h5-7,9-10,13-15,17-19,31-33,35,49,52H,4,8,11-12,16,20-21H2,1-3H3/b24-15+/t31-,32+,33-,35-/m1/s1. The molecule has 286 valence electrons. The molecule has 2 fully saturated rings. The smallest absolute Gasteiger partial charge is 0.455 e. The van der Waals surface area contributed by atoms with E-state index in [1.165, 1.54) is 0 Å². The third-order valence-corrected chi connectivity index (χ3v) is 10.5. The van der Waals surface area contributed by atoms with Gasteiger partial charge < -0.3 is 19.5 Å². The van der Waals surface area contributed by atoms with E-state index in [1.807, 2.05) is 39.0 Å². The minimum absolute atomic E-state index is 0.0258. The second kappa shape index (κ2) is 15.3. The van der Waals surface area contributed by atoms with Gasteiger partial charge in [-0.1, -0.05) is 43.2 Å². The zero-order chi connectivity index (χ0) is 39.1. The molecule has 1 aliphatic carbocycles. The summed E-state index contributed by atoms with van der Waals surface area (Å²) in [5.41, 5.74) is 0.599. The van der Waals surface area contributed by atoms with Gasteiger partial charge in [0.1, 0.15) is 18.1 Å². The van der Waals surface area contributed by atoms with Crippen molar-refractivity contribution in [1.82, 2.24) is 0 Å². The van der Waals surface area contributed by atoms with E-state index in [0.717, 1.165) is 35.1 Å². The number of aromatic hydroxyl groups is 1. The first-order valence-electron chi connectivity index (χ1n) is 17.9. The van der Waals surface area contributed by atoms with Crippen molar-refractivity contribution in [3.8, 4) is 11.5 Å². The number of fused-ring (bicyclic) bond motifs is 3. The lowest BCUT2D eigenvalue weighted by atomic mass is 9.58. The number of phenols is 1. The Kier molecular flexibility index (Phi) is 11.1. The Morgan fingerprint density at radius 2 is 1.56 bits per heavy atom. The number of allylic oxidation sites excluding steroid dienone is 1. The van der Waals surface area contributed by atoms with Crippen LogP contribution < -0.4 is 9.64 Å². The van der Waals surface area contributed by atoms with Crippen LogP contribution >= 0.6 is 0 Å². The van der Waals surface area contributed by atoms with E-state index >= 15 is 0 Å². The zero-order valence-electron chi connectivity index (χ0n) is 29.9. The van der Waals surface area contributed by atoms with Crippen molar-refractivity contribution in [1.29, 1.82) is 0 Å². The van der Waals surface area contributed by atoms with Crippen LogP contribution in [0.3, 0.4) is 0 Å². The van der Waals surface area contributed by atoms with Crippen molar-refractivity contribution < 1.29 is 55.5 Å². The number of alkyl halides is 6. The monoisotopic (exact) mass is 755 g/mol. The number of aryl methyl sites for hydroxylation is 2. The van der Waals surface area contributed by atoms with Crippen molar-refractivity contribution in [3.63, 3.8) is 0 Å². The van der Waals surface area contributed by atoms with Crippen LogP contribution in [0.5, 0.6) is 11.5 Å². The van der Waals surface area contributed by atoms with E-state index in [1.54, 1.807) is 30.3 Å². The van der Waals surface area contributed by atoms with Gasteiger partial charge in [0.15, 0.2) is 0 Å². The Hall–Kier alpha value is -4.56. The minimum Gasteiger partial charge on any atom is -0.507 e. The Labute approximate surface area is 309 Å². The maximum Gasteiger partial charge on any atom is 0.455 e. The van der Waals surface area contributed by atoms with Gasteiger partial charge in [-0.15, -0.1) is 0 Å². The molecule has 0 bridgehead atoms. The Balaban J connectivity index is 1.37. The SMILES string of the molecule is CCC/C(=C\c1cc(C)c(O)c(C)c1)CC[C@H]1OB(O)C[C@H]2C1=C(COc1ccccc1)C[C@H]1C(=O)N(c3cc(C(F)(F)F)cc(C(F)(F)F)c3)C(=O)[C@H]12. The van der Waals surface area contributed by atoms with Crippen LogP contribution in [0.1, 0.15) is 66.8 Å². The number of anilines is 1. The fraction of sp³-hybridized carbons (Fsp3) is 0.400. The minimum atomic E-state index is -5.19. The van der Waals surface area contributed by atoms with Crippen LogP contribution in [-0.2, 0) is 26.6 Å². The molecule has 0 unspecified atom stereocenters. The highest BCUT2D eigenvalue weighted by molar-refractivity contribution is 6.43. The maximum atomic E-state index is 14.2. The molecule has 0 spiro atoms. The van der Waals surface area contributed by atoms with Crippen molar-refractivity contribution in [2.45, 2.75) is 77.7 Å². The molecule has 2 heterocycles. The molecule has 6 rings (SSSR count). The summed E-state index contributed by atoms with van der Waals surface area (Å²) in [6.07, 6.45) is -6.77. The van der Waals surface area contributed by atoms with Gasteiger partial charge in [0.05, 0.1) is 34.8 Å². The third kappa shape index (κ3) is 8.09. The molecule has 7 nitrogen and oxygen atoms in total. The average Bonchev–Trinajstić information content (AvgIpc) is 3.36. The Bertz CT molecular complexity index is 1920. The van der Waals surface area contributed by atoms with Crippen molar-refractivity contribution in [2.24, 2.45) is 17.8 Å².